The molecule has 1 N–H and O–H groups in total. The highest BCUT2D eigenvalue weighted by Gasteiger charge is 1.99. The van der Waals surface area contributed by atoms with Gasteiger partial charge in [-0.15, -0.1) is 0 Å². The van der Waals surface area contributed by atoms with Crippen molar-refractivity contribution in [3.05, 3.63) is 34.9 Å². The largest absolute Gasteiger partial charge is 0.385 e. The molecule has 0 bridgehead atoms. The Hall–Kier alpha value is -1.37. The molecule has 1 aromatic carbocycles. The normalized spacial score (nSPS) is 10.1. The molecule has 3 heteroatoms. The Morgan fingerprint density at radius 2 is 2.25 bits per heavy atom. The third-order valence-corrected chi connectivity index (χ3v) is 2.49. The summed E-state index contributed by atoms with van der Waals surface area (Å²) in [5, 5.41) is 12.1. The highest BCUT2D eigenvalue weighted by molar-refractivity contribution is 5.37. The van der Waals surface area contributed by atoms with E-state index < -0.39 is 0 Å². The van der Waals surface area contributed by atoms with Crippen LogP contribution in [0.5, 0.6) is 0 Å². The first-order chi connectivity index (χ1) is 7.77. The summed E-state index contributed by atoms with van der Waals surface area (Å²) in [4.78, 5) is 0. The van der Waals surface area contributed by atoms with E-state index in [4.69, 9.17) is 10.00 Å². The molecule has 0 saturated carbocycles. The van der Waals surface area contributed by atoms with E-state index in [1.54, 1.807) is 7.11 Å². The minimum Gasteiger partial charge on any atom is -0.385 e. The number of benzene rings is 1. The van der Waals surface area contributed by atoms with E-state index in [1.165, 1.54) is 11.1 Å². The van der Waals surface area contributed by atoms with Gasteiger partial charge in [0.1, 0.15) is 0 Å². The van der Waals surface area contributed by atoms with Gasteiger partial charge in [-0.3, -0.25) is 0 Å². The van der Waals surface area contributed by atoms with Crippen LogP contribution in [0.3, 0.4) is 0 Å². The van der Waals surface area contributed by atoms with Crippen LogP contribution in [0.1, 0.15) is 23.1 Å². The van der Waals surface area contributed by atoms with Gasteiger partial charge >= 0.3 is 0 Å². The Bertz CT molecular complexity index is 369. The van der Waals surface area contributed by atoms with Gasteiger partial charge in [0.05, 0.1) is 11.6 Å². The second-order valence-corrected chi connectivity index (χ2v) is 3.78. The monoisotopic (exact) mass is 218 g/mol. The highest BCUT2D eigenvalue weighted by atomic mass is 16.5. The van der Waals surface area contributed by atoms with Gasteiger partial charge < -0.3 is 10.1 Å². The molecule has 0 spiro atoms. The van der Waals surface area contributed by atoms with E-state index in [2.05, 4.69) is 11.4 Å². The molecule has 0 aliphatic heterocycles. The number of ether oxygens (including phenoxy) is 1. The number of nitrogens with one attached hydrogen (secondary N) is 1. The van der Waals surface area contributed by atoms with Gasteiger partial charge in [0.2, 0.25) is 0 Å². The van der Waals surface area contributed by atoms with E-state index in [0.29, 0.717) is 0 Å². The molecule has 0 heterocycles. The van der Waals surface area contributed by atoms with Gasteiger partial charge in [-0.05, 0) is 43.1 Å². The van der Waals surface area contributed by atoms with Crippen molar-refractivity contribution < 1.29 is 4.74 Å². The molecule has 0 aliphatic rings. The van der Waals surface area contributed by atoms with Gasteiger partial charge in [0, 0.05) is 20.3 Å². The van der Waals surface area contributed by atoms with Crippen LogP contribution in [0, 0.1) is 18.3 Å². The van der Waals surface area contributed by atoms with Gasteiger partial charge in [0.25, 0.3) is 0 Å². The van der Waals surface area contributed by atoms with Crippen molar-refractivity contribution in [2.24, 2.45) is 0 Å². The number of nitriles is 1. The first-order valence-electron chi connectivity index (χ1n) is 5.47. The van der Waals surface area contributed by atoms with E-state index in [0.717, 1.165) is 31.7 Å². The molecular weight excluding hydrogens is 200 g/mol. The fraction of sp³-hybridized carbons (Fsp3) is 0.462. The van der Waals surface area contributed by atoms with Crippen LogP contribution in [0.2, 0.25) is 0 Å². The standard InChI is InChI=1S/C13H18N2O/c1-11-8-12(9-14)4-5-13(11)10-15-6-3-7-16-2/h4-5,8,15H,3,6-7,10H2,1-2H3. The van der Waals surface area contributed by atoms with Crippen molar-refractivity contribution in [3.8, 4) is 6.07 Å². The van der Waals surface area contributed by atoms with Crippen LogP contribution in [0.15, 0.2) is 18.2 Å². The molecule has 1 aromatic rings. The van der Waals surface area contributed by atoms with E-state index in [1.807, 2.05) is 25.1 Å². The first-order valence-corrected chi connectivity index (χ1v) is 5.47. The lowest BCUT2D eigenvalue weighted by molar-refractivity contribution is 0.194. The molecule has 0 unspecified atom stereocenters. The van der Waals surface area contributed by atoms with Crippen LogP contribution in [-0.2, 0) is 11.3 Å². The average Bonchev–Trinajstić information content (AvgIpc) is 2.30. The highest BCUT2D eigenvalue weighted by Crippen LogP contribution is 2.10. The number of hydrogen-bond donors (Lipinski definition) is 1. The van der Waals surface area contributed by atoms with Crippen molar-refractivity contribution in [1.29, 1.82) is 5.26 Å². The lowest BCUT2D eigenvalue weighted by Crippen LogP contribution is -2.16. The Balaban J connectivity index is 2.40. The fourth-order valence-corrected chi connectivity index (χ4v) is 1.53. The third-order valence-electron chi connectivity index (χ3n) is 2.49. The Morgan fingerprint density at radius 3 is 2.88 bits per heavy atom. The molecule has 0 radical (unpaired) electrons. The summed E-state index contributed by atoms with van der Waals surface area (Å²) in [6.45, 7) is 4.63. The molecule has 3 nitrogen and oxygen atoms in total. The Kier molecular flexibility index (Phi) is 5.55. The molecule has 16 heavy (non-hydrogen) atoms. The van der Waals surface area contributed by atoms with Crippen LogP contribution < -0.4 is 5.32 Å². The molecule has 0 saturated heterocycles. The van der Waals surface area contributed by atoms with E-state index in [-0.39, 0.29) is 0 Å². The zero-order valence-corrected chi connectivity index (χ0v) is 9.92. The number of aryl methyl sites for hydroxylation is 1. The molecular formula is C13H18N2O. The summed E-state index contributed by atoms with van der Waals surface area (Å²) in [5.74, 6) is 0. The molecule has 0 atom stereocenters. The second-order valence-electron chi connectivity index (χ2n) is 3.78. The number of rotatable bonds is 6. The number of nitrogens with zero attached hydrogens (tertiary/aromatic N) is 1. The Morgan fingerprint density at radius 1 is 1.44 bits per heavy atom. The van der Waals surface area contributed by atoms with E-state index >= 15 is 0 Å². The zero-order valence-electron chi connectivity index (χ0n) is 9.92. The van der Waals surface area contributed by atoms with Crippen molar-refractivity contribution in [2.45, 2.75) is 19.9 Å². The predicted octanol–water partition coefficient (Wildman–Crippen LogP) is 1.99. The summed E-state index contributed by atoms with van der Waals surface area (Å²) < 4.78 is 4.97. The fourth-order valence-electron chi connectivity index (χ4n) is 1.53. The summed E-state index contributed by atoms with van der Waals surface area (Å²) in [5.41, 5.74) is 3.13. The summed E-state index contributed by atoms with van der Waals surface area (Å²) >= 11 is 0. The van der Waals surface area contributed by atoms with Gasteiger partial charge in [-0.2, -0.15) is 5.26 Å². The van der Waals surface area contributed by atoms with Crippen molar-refractivity contribution in [2.75, 3.05) is 20.3 Å². The quantitative estimate of drug-likeness (QED) is 0.743. The lowest BCUT2D eigenvalue weighted by atomic mass is 10.1. The first kappa shape index (κ1) is 12.7. The molecule has 0 aromatic heterocycles. The number of hydrogen-bond acceptors (Lipinski definition) is 3. The van der Waals surface area contributed by atoms with E-state index in [9.17, 15) is 0 Å². The topological polar surface area (TPSA) is 45.0 Å². The van der Waals surface area contributed by atoms with Crippen LogP contribution in [0.4, 0.5) is 0 Å². The maximum absolute atomic E-state index is 8.75. The Labute approximate surface area is 97.0 Å². The maximum Gasteiger partial charge on any atom is 0.0991 e. The van der Waals surface area contributed by atoms with Gasteiger partial charge in [-0.25, -0.2) is 0 Å². The van der Waals surface area contributed by atoms with Crippen LogP contribution in [-0.4, -0.2) is 20.3 Å². The molecule has 0 aliphatic carbocycles. The SMILES string of the molecule is COCCCNCc1ccc(C#N)cc1C. The van der Waals surface area contributed by atoms with Crippen molar-refractivity contribution >= 4 is 0 Å². The van der Waals surface area contributed by atoms with Crippen molar-refractivity contribution in [3.63, 3.8) is 0 Å². The summed E-state index contributed by atoms with van der Waals surface area (Å²) in [6.07, 6.45) is 1.02. The molecule has 0 amide bonds. The maximum atomic E-state index is 8.75. The molecule has 0 fully saturated rings. The van der Waals surface area contributed by atoms with Crippen LogP contribution >= 0.6 is 0 Å². The summed E-state index contributed by atoms with van der Waals surface area (Å²) in [7, 11) is 1.71. The predicted molar refractivity (Wildman–Crippen MR) is 64.1 cm³/mol. The minimum atomic E-state index is 0.723. The van der Waals surface area contributed by atoms with Crippen molar-refractivity contribution in [1.82, 2.24) is 5.32 Å². The zero-order chi connectivity index (χ0) is 11.8. The molecule has 86 valence electrons. The average molecular weight is 218 g/mol. The summed E-state index contributed by atoms with van der Waals surface area (Å²) in [6, 6.07) is 7.94. The van der Waals surface area contributed by atoms with Crippen LogP contribution in [0.25, 0.3) is 0 Å². The third kappa shape index (κ3) is 4.01. The smallest absolute Gasteiger partial charge is 0.0991 e. The number of methoxy groups -OCH3 is 1. The molecule has 1 rings (SSSR count). The second kappa shape index (κ2) is 7.00. The van der Waals surface area contributed by atoms with Gasteiger partial charge in [-0.1, -0.05) is 6.07 Å². The van der Waals surface area contributed by atoms with Gasteiger partial charge in [0.15, 0.2) is 0 Å². The minimum absolute atomic E-state index is 0.723. The lowest BCUT2D eigenvalue weighted by Gasteiger charge is -2.07.